The Balaban J connectivity index is 2.42. The first-order valence-electron chi connectivity index (χ1n) is 7.32. The molecule has 0 spiro atoms. The second-order valence-corrected chi connectivity index (χ2v) is 5.31. The minimum absolute atomic E-state index is 1.07. The van der Waals surface area contributed by atoms with Crippen LogP contribution in [0.15, 0.2) is 36.4 Å². The molecule has 0 heterocycles. The summed E-state index contributed by atoms with van der Waals surface area (Å²) in [5.74, 6) is 0. The molecule has 0 nitrogen and oxygen atoms in total. The Morgan fingerprint density at radius 1 is 0.684 bits per heavy atom. The smallest absolute Gasteiger partial charge is 0.00201 e. The summed E-state index contributed by atoms with van der Waals surface area (Å²) in [6, 6.07) is 13.4. The average molecular weight is 252 g/mol. The van der Waals surface area contributed by atoms with E-state index in [1.54, 1.807) is 0 Å². The Bertz CT molecular complexity index is 513. The lowest BCUT2D eigenvalue weighted by Gasteiger charge is -2.15. The standard InChI is InChI=1S/C19H24/c1-5-18-14(3)9-7-11-16(18)13-17-12-8-10-15(4)19(17)6-2/h7-12H,5-6,13H2,1-4H3. The lowest BCUT2D eigenvalue weighted by Crippen LogP contribution is -2.01. The summed E-state index contributed by atoms with van der Waals surface area (Å²) < 4.78 is 0. The van der Waals surface area contributed by atoms with E-state index in [0.717, 1.165) is 19.3 Å². The normalized spacial score (nSPS) is 10.7. The highest BCUT2D eigenvalue weighted by atomic mass is 14.1. The van der Waals surface area contributed by atoms with Crippen LogP contribution in [0.5, 0.6) is 0 Å². The molecule has 19 heavy (non-hydrogen) atoms. The van der Waals surface area contributed by atoms with Crippen molar-refractivity contribution < 1.29 is 0 Å². The molecule has 100 valence electrons. The minimum atomic E-state index is 1.07. The summed E-state index contributed by atoms with van der Waals surface area (Å²) in [6.45, 7) is 8.95. The van der Waals surface area contributed by atoms with Gasteiger partial charge in [0, 0.05) is 0 Å². The molecule has 0 heteroatoms. The summed E-state index contributed by atoms with van der Waals surface area (Å²) >= 11 is 0. The van der Waals surface area contributed by atoms with Gasteiger partial charge in [-0.2, -0.15) is 0 Å². The molecule has 0 N–H and O–H groups in total. The van der Waals surface area contributed by atoms with E-state index in [1.807, 2.05) is 0 Å². The lowest BCUT2D eigenvalue weighted by molar-refractivity contribution is 1.00. The van der Waals surface area contributed by atoms with Crippen molar-refractivity contribution in [1.82, 2.24) is 0 Å². The minimum Gasteiger partial charge on any atom is -0.0617 e. The Hall–Kier alpha value is -1.56. The van der Waals surface area contributed by atoms with Gasteiger partial charge in [0.15, 0.2) is 0 Å². The van der Waals surface area contributed by atoms with Gasteiger partial charge in [-0.15, -0.1) is 0 Å². The molecule has 0 radical (unpaired) electrons. The maximum absolute atomic E-state index is 2.29. The van der Waals surface area contributed by atoms with Gasteiger partial charge in [0.25, 0.3) is 0 Å². The van der Waals surface area contributed by atoms with Gasteiger partial charge in [-0.1, -0.05) is 50.2 Å². The average Bonchev–Trinajstić information content (AvgIpc) is 2.39. The first-order chi connectivity index (χ1) is 9.17. The second-order valence-electron chi connectivity index (χ2n) is 5.31. The van der Waals surface area contributed by atoms with Gasteiger partial charge in [-0.3, -0.25) is 0 Å². The number of hydrogen-bond donors (Lipinski definition) is 0. The predicted octanol–water partition coefficient (Wildman–Crippen LogP) is 5.02. The highest BCUT2D eigenvalue weighted by Gasteiger charge is 2.08. The van der Waals surface area contributed by atoms with E-state index < -0.39 is 0 Å². The first-order valence-corrected chi connectivity index (χ1v) is 7.32. The zero-order valence-corrected chi connectivity index (χ0v) is 12.6. The van der Waals surface area contributed by atoms with Gasteiger partial charge in [-0.25, -0.2) is 0 Å². The molecule has 2 aromatic carbocycles. The fraction of sp³-hybridized carbons (Fsp3) is 0.368. The zero-order chi connectivity index (χ0) is 13.8. The molecule has 0 aliphatic carbocycles. The topological polar surface area (TPSA) is 0 Å². The molecule has 0 bridgehead atoms. The van der Waals surface area contributed by atoms with E-state index in [2.05, 4.69) is 64.1 Å². The van der Waals surface area contributed by atoms with Crippen molar-refractivity contribution in [3.05, 3.63) is 69.8 Å². The highest BCUT2D eigenvalue weighted by molar-refractivity contribution is 5.42. The molecule has 0 aromatic heterocycles. The molecular weight excluding hydrogens is 228 g/mol. The number of hydrogen-bond acceptors (Lipinski definition) is 0. The van der Waals surface area contributed by atoms with E-state index in [-0.39, 0.29) is 0 Å². The van der Waals surface area contributed by atoms with Gasteiger partial charge >= 0.3 is 0 Å². The second kappa shape index (κ2) is 6.06. The summed E-state index contributed by atoms with van der Waals surface area (Å²) in [5.41, 5.74) is 8.86. The maximum atomic E-state index is 2.29. The van der Waals surface area contributed by atoms with Crippen molar-refractivity contribution in [2.75, 3.05) is 0 Å². The van der Waals surface area contributed by atoms with Crippen LogP contribution in [-0.2, 0) is 19.3 Å². The Kier molecular flexibility index (Phi) is 4.42. The summed E-state index contributed by atoms with van der Waals surface area (Å²) in [7, 11) is 0. The van der Waals surface area contributed by atoms with Crippen molar-refractivity contribution >= 4 is 0 Å². The van der Waals surface area contributed by atoms with E-state index in [4.69, 9.17) is 0 Å². The SMILES string of the molecule is CCc1c(C)cccc1Cc1cccc(C)c1CC. The first kappa shape index (κ1) is 13.9. The van der Waals surface area contributed by atoms with E-state index in [1.165, 1.54) is 33.4 Å². The largest absolute Gasteiger partial charge is 0.0617 e. The predicted molar refractivity (Wildman–Crippen MR) is 83.9 cm³/mol. The van der Waals surface area contributed by atoms with Gasteiger partial charge < -0.3 is 0 Å². The van der Waals surface area contributed by atoms with Crippen LogP contribution in [0.3, 0.4) is 0 Å². The van der Waals surface area contributed by atoms with E-state index in [0.29, 0.717) is 0 Å². The fourth-order valence-electron chi connectivity index (χ4n) is 3.07. The van der Waals surface area contributed by atoms with E-state index >= 15 is 0 Å². The van der Waals surface area contributed by atoms with Gasteiger partial charge in [0.05, 0.1) is 0 Å². The molecule has 2 aromatic rings. The van der Waals surface area contributed by atoms with Crippen molar-refractivity contribution in [1.29, 1.82) is 0 Å². The highest BCUT2D eigenvalue weighted by Crippen LogP contribution is 2.22. The third kappa shape index (κ3) is 2.89. The zero-order valence-electron chi connectivity index (χ0n) is 12.6. The van der Waals surface area contributed by atoms with Crippen molar-refractivity contribution in [3.63, 3.8) is 0 Å². The molecule has 0 atom stereocenters. The number of benzene rings is 2. The maximum Gasteiger partial charge on any atom is -0.00201 e. The van der Waals surface area contributed by atoms with Crippen LogP contribution in [0.2, 0.25) is 0 Å². The summed E-state index contributed by atoms with van der Waals surface area (Å²) in [6.07, 6.45) is 3.31. The van der Waals surface area contributed by atoms with Gasteiger partial charge in [0.1, 0.15) is 0 Å². The molecule has 0 saturated heterocycles. The third-order valence-corrected chi connectivity index (χ3v) is 4.10. The Morgan fingerprint density at radius 2 is 1.11 bits per heavy atom. The molecular formula is C19H24. The van der Waals surface area contributed by atoms with Crippen molar-refractivity contribution in [2.45, 2.75) is 47.0 Å². The molecule has 0 fully saturated rings. The number of aryl methyl sites for hydroxylation is 2. The van der Waals surface area contributed by atoms with Crippen LogP contribution >= 0.6 is 0 Å². The van der Waals surface area contributed by atoms with Crippen LogP contribution in [0.4, 0.5) is 0 Å². The van der Waals surface area contributed by atoms with E-state index in [9.17, 15) is 0 Å². The van der Waals surface area contributed by atoms with Crippen LogP contribution in [0.1, 0.15) is 47.2 Å². The molecule has 0 unspecified atom stereocenters. The van der Waals surface area contributed by atoms with Crippen molar-refractivity contribution in [3.8, 4) is 0 Å². The molecule has 0 saturated carbocycles. The molecule has 0 aliphatic rings. The molecule has 0 aliphatic heterocycles. The molecule has 0 amide bonds. The van der Waals surface area contributed by atoms with Gasteiger partial charge in [-0.05, 0) is 66.5 Å². The monoisotopic (exact) mass is 252 g/mol. The van der Waals surface area contributed by atoms with Crippen LogP contribution < -0.4 is 0 Å². The number of rotatable bonds is 4. The quantitative estimate of drug-likeness (QED) is 0.717. The fourth-order valence-corrected chi connectivity index (χ4v) is 3.07. The third-order valence-electron chi connectivity index (χ3n) is 4.10. The van der Waals surface area contributed by atoms with Crippen molar-refractivity contribution in [2.24, 2.45) is 0 Å². The van der Waals surface area contributed by atoms with Gasteiger partial charge in [0.2, 0.25) is 0 Å². The van der Waals surface area contributed by atoms with Crippen LogP contribution in [-0.4, -0.2) is 0 Å². The summed E-state index contributed by atoms with van der Waals surface area (Å²) in [4.78, 5) is 0. The van der Waals surface area contributed by atoms with Crippen LogP contribution in [0.25, 0.3) is 0 Å². The summed E-state index contributed by atoms with van der Waals surface area (Å²) in [5, 5.41) is 0. The Morgan fingerprint density at radius 3 is 1.47 bits per heavy atom. The lowest BCUT2D eigenvalue weighted by atomic mass is 9.90. The van der Waals surface area contributed by atoms with Crippen LogP contribution in [0, 0.1) is 13.8 Å². The molecule has 2 rings (SSSR count). The Labute approximate surface area is 117 Å².